The van der Waals surface area contributed by atoms with E-state index in [1.807, 2.05) is 18.2 Å². The van der Waals surface area contributed by atoms with E-state index < -0.39 is 5.97 Å². The molecule has 6 nitrogen and oxygen atoms in total. The Morgan fingerprint density at radius 2 is 1.45 bits per heavy atom. The van der Waals surface area contributed by atoms with E-state index in [0.717, 1.165) is 10.9 Å². The minimum Gasteiger partial charge on any atom is -0.507 e. The van der Waals surface area contributed by atoms with Crippen LogP contribution < -0.4 is 4.74 Å². The van der Waals surface area contributed by atoms with Gasteiger partial charge in [0.2, 0.25) is 0 Å². The van der Waals surface area contributed by atoms with Crippen LogP contribution in [0.25, 0.3) is 21.9 Å². The van der Waals surface area contributed by atoms with Gasteiger partial charge in [-0.3, -0.25) is 0 Å². The van der Waals surface area contributed by atoms with Crippen LogP contribution in [0.3, 0.4) is 0 Å². The van der Waals surface area contributed by atoms with Gasteiger partial charge in [-0.05, 0) is 46.7 Å². The summed E-state index contributed by atoms with van der Waals surface area (Å²) in [4.78, 5) is 13.0. The molecule has 4 aromatic rings. The summed E-state index contributed by atoms with van der Waals surface area (Å²) >= 11 is 0. The van der Waals surface area contributed by atoms with Crippen LogP contribution in [0, 0.1) is 0 Å². The zero-order valence-corrected chi connectivity index (χ0v) is 16.7. The second-order valence-corrected chi connectivity index (χ2v) is 6.96. The summed E-state index contributed by atoms with van der Waals surface area (Å²) < 4.78 is 10.7. The first-order valence-electron chi connectivity index (χ1n) is 9.55. The van der Waals surface area contributed by atoms with E-state index in [2.05, 4.69) is 0 Å². The summed E-state index contributed by atoms with van der Waals surface area (Å²) in [6.07, 6.45) is 0. The fourth-order valence-corrected chi connectivity index (χ4v) is 3.51. The van der Waals surface area contributed by atoms with E-state index in [0.29, 0.717) is 11.1 Å². The molecule has 4 rings (SSSR count). The molecular formula is C25H20O6. The van der Waals surface area contributed by atoms with Gasteiger partial charge in [-0.1, -0.05) is 42.5 Å². The summed E-state index contributed by atoms with van der Waals surface area (Å²) in [5.41, 5.74) is 0.710. The maximum absolute atomic E-state index is 13.0. The molecule has 6 heteroatoms. The van der Waals surface area contributed by atoms with Crippen molar-refractivity contribution >= 4 is 16.7 Å². The van der Waals surface area contributed by atoms with Crippen LogP contribution in [-0.2, 0) is 11.3 Å². The minimum absolute atomic E-state index is 0.0104. The molecule has 3 N–H and O–H groups in total. The van der Waals surface area contributed by atoms with Gasteiger partial charge in [-0.2, -0.15) is 0 Å². The summed E-state index contributed by atoms with van der Waals surface area (Å²) in [5, 5.41) is 33.1. The van der Waals surface area contributed by atoms with E-state index in [1.54, 1.807) is 36.4 Å². The molecule has 0 amide bonds. The van der Waals surface area contributed by atoms with Crippen molar-refractivity contribution in [2.75, 3.05) is 7.11 Å². The smallest absolute Gasteiger partial charge is 0.343 e. The number of esters is 1. The Morgan fingerprint density at radius 1 is 0.806 bits per heavy atom. The van der Waals surface area contributed by atoms with Crippen LogP contribution in [-0.4, -0.2) is 28.4 Å². The number of benzene rings is 4. The SMILES string of the molecule is COc1ccc2ccc(O)c(-c3c(O)ccc(O)c3C(=O)OCc3ccccc3)c2c1. The number of phenolic OH excluding ortho intramolecular Hbond substituents is 3. The lowest BCUT2D eigenvalue weighted by atomic mass is 9.92. The van der Waals surface area contributed by atoms with Gasteiger partial charge in [0.05, 0.1) is 7.11 Å². The molecule has 0 fully saturated rings. The molecule has 0 saturated heterocycles. The Morgan fingerprint density at radius 3 is 2.19 bits per heavy atom. The highest BCUT2D eigenvalue weighted by Gasteiger charge is 2.26. The van der Waals surface area contributed by atoms with Gasteiger partial charge in [-0.15, -0.1) is 0 Å². The van der Waals surface area contributed by atoms with Crippen LogP contribution in [0.4, 0.5) is 0 Å². The second-order valence-electron chi connectivity index (χ2n) is 6.96. The Labute approximate surface area is 178 Å². The van der Waals surface area contributed by atoms with Crippen LogP contribution in [0.5, 0.6) is 23.0 Å². The van der Waals surface area contributed by atoms with E-state index in [9.17, 15) is 20.1 Å². The lowest BCUT2D eigenvalue weighted by Gasteiger charge is -2.16. The molecule has 0 aliphatic heterocycles. The fraction of sp³-hybridized carbons (Fsp3) is 0.0800. The molecule has 0 spiro atoms. The van der Waals surface area contributed by atoms with Crippen molar-refractivity contribution < 1.29 is 29.6 Å². The molecular weight excluding hydrogens is 396 g/mol. The molecule has 0 aromatic heterocycles. The van der Waals surface area contributed by atoms with Gasteiger partial charge in [0.1, 0.15) is 35.2 Å². The van der Waals surface area contributed by atoms with Gasteiger partial charge >= 0.3 is 5.97 Å². The third-order valence-electron chi connectivity index (χ3n) is 5.03. The first kappa shape index (κ1) is 20.1. The van der Waals surface area contributed by atoms with Crippen LogP contribution >= 0.6 is 0 Å². The Bertz CT molecular complexity index is 1260. The molecule has 156 valence electrons. The zero-order chi connectivity index (χ0) is 22.0. The molecule has 0 saturated carbocycles. The van der Waals surface area contributed by atoms with Crippen molar-refractivity contribution in [3.8, 4) is 34.1 Å². The van der Waals surface area contributed by atoms with Crippen molar-refractivity contribution in [2.24, 2.45) is 0 Å². The Kier molecular flexibility index (Phi) is 5.37. The fourth-order valence-electron chi connectivity index (χ4n) is 3.51. The molecule has 4 aromatic carbocycles. The first-order chi connectivity index (χ1) is 15.0. The van der Waals surface area contributed by atoms with Gasteiger partial charge < -0.3 is 24.8 Å². The summed E-state index contributed by atoms with van der Waals surface area (Å²) in [6, 6.07) is 20.0. The Hall–Kier alpha value is -4.19. The minimum atomic E-state index is -0.827. The van der Waals surface area contributed by atoms with E-state index >= 15 is 0 Å². The quantitative estimate of drug-likeness (QED) is 0.313. The highest BCUT2D eigenvalue weighted by molar-refractivity contribution is 6.09. The second kappa shape index (κ2) is 8.28. The third-order valence-corrected chi connectivity index (χ3v) is 5.03. The highest BCUT2D eigenvalue weighted by Crippen LogP contribution is 2.46. The van der Waals surface area contributed by atoms with Crippen LogP contribution in [0.1, 0.15) is 15.9 Å². The molecule has 31 heavy (non-hydrogen) atoms. The molecule has 0 heterocycles. The number of aromatic hydroxyl groups is 3. The number of fused-ring (bicyclic) bond motifs is 1. The summed E-state index contributed by atoms with van der Waals surface area (Å²) in [6.45, 7) is -0.0104. The zero-order valence-electron chi connectivity index (χ0n) is 16.7. The molecule has 0 atom stereocenters. The number of ether oxygens (including phenoxy) is 2. The normalized spacial score (nSPS) is 10.7. The van der Waals surface area contributed by atoms with Crippen LogP contribution in [0.2, 0.25) is 0 Å². The van der Waals surface area contributed by atoms with E-state index in [4.69, 9.17) is 9.47 Å². The molecule has 0 unspecified atom stereocenters. The first-order valence-corrected chi connectivity index (χ1v) is 9.55. The van der Waals surface area contributed by atoms with Gasteiger partial charge in [0.25, 0.3) is 0 Å². The molecule has 0 bridgehead atoms. The predicted molar refractivity (Wildman–Crippen MR) is 116 cm³/mol. The average molecular weight is 416 g/mol. The maximum atomic E-state index is 13.0. The number of hydrogen-bond acceptors (Lipinski definition) is 6. The van der Waals surface area contributed by atoms with Crippen LogP contribution in [0.15, 0.2) is 72.8 Å². The van der Waals surface area contributed by atoms with Crippen molar-refractivity contribution in [3.63, 3.8) is 0 Å². The Balaban J connectivity index is 1.87. The molecule has 0 aliphatic carbocycles. The van der Waals surface area contributed by atoms with Crippen molar-refractivity contribution in [3.05, 3.63) is 83.9 Å². The third kappa shape index (κ3) is 3.83. The van der Waals surface area contributed by atoms with Crippen molar-refractivity contribution in [2.45, 2.75) is 6.61 Å². The lowest BCUT2D eigenvalue weighted by Crippen LogP contribution is -2.08. The van der Waals surface area contributed by atoms with Crippen molar-refractivity contribution in [1.82, 2.24) is 0 Å². The van der Waals surface area contributed by atoms with Crippen molar-refractivity contribution in [1.29, 1.82) is 0 Å². The summed E-state index contributed by atoms with van der Waals surface area (Å²) in [7, 11) is 1.52. The van der Waals surface area contributed by atoms with Gasteiger partial charge in [0, 0.05) is 11.1 Å². The number of rotatable bonds is 5. The average Bonchev–Trinajstić information content (AvgIpc) is 2.79. The number of hydrogen-bond donors (Lipinski definition) is 3. The van der Waals surface area contributed by atoms with E-state index in [1.165, 1.54) is 25.3 Å². The monoisotopic (exact) mass is 416 g/mol. The largest absolute Gasteiger partial charge is 0.507 e. The van der Waals surface area contributed by atoms with E-state index in [-0.39, 0.29) is 40.5 Å². The molecule has 0 aliphatic rings. The number of carbonyl (C=O) groups excluding carboxylic acids is 1. The number of methoxy groups -OCH3 is 1. The highest BCUT2D eigenvalue weighted by atomic mass is 16.5. The maximum Gasteiger partial charge on any atom is 0.343 e. The van der Waals surface area contributed by atoms with Gasteiger partial charge in [0.15, 0.2) is 0 Å². The summed E-state index contributed by atoms with van der Waals surface area (Å²) in [5.74, 6) is -1.11. The number of carbonyl (C=O) groups is 1. The lowest BCUT2D eigenvalue weighted by molar-refractivity contribution is 0.0470. The standard InChI is InChI=1S/C25H20O6/c1-30-17-9-7-16-8-10-19(26)22(18(16)13-17)23-20(27)11-12-21(28)24(23)25(29)31-14-15-5-3-2-4-6-15/h2-13,26-28H,14H2,1H3. The molecule has 0 radical (unpaired) electrons. The number of phenols is 3. The predicted octanol–water partition coefficient (Wildman–Crippen LogP) is 4.99. The topological polar surface area (TPSA) is 96.2 Å². The van der Waals surface area contributed by atoms with Gasteiger partial charge in [-0.25, -0.2) is 4.79 Å².